The maximum atomic E-state index is 12.3. The molecule has 2 rings (SSSR count). The van der Waals surface area contributed by atoms with Crippen molar-refractivity contribution in [1.29, 1.82) is 0 Å². The first kappa shape index (κ1) is 48.2. The quantitative estimate of drug-likeness (QED) is 0.0650. The summed E-state index contributed by atoms with van der Waals surface area (Å²) in [6, 6.07) is 10.3. The van der Waals surface area contributed by atoms with Crippen LogP contribution in [0.1, 0.15) is 132 Å². The first-order valence-electron chi connectivity index (χ1n) is 18.0. The molecule has 0 radical (unpaired) electrons. The Morgan fingerprint density at radius 1 is 0.500 bits per heavy atom. The van der Waals surface area contributed by atoms with Gasteiger partial charge in [-0.3, -0.25) is 19.2 Å². The van der Waals surface area contributed by atoms with E-state index < -0.39 is 66.2 Å². The Balaban J connectivity index is 0.00000241. The number of hydrogen-bond donors (Lipinski definition) is 3. The van der Waals surface area contributed by atoms with Crippen LogP contribution in [-0.2, 0) is 47.7 Å². The fourth-order valence-corrected chi connectivity index (χ4v) is 4.23. The molecule has 0 heterocycles. The Morgan fingerprint density at radius 2 is 0.857 bits per heavy atom. The number of esters is 8. The van der Waals surface area contributed by atoms with Gasteiger partial charge in [-0.2, -0.15) is 0 Å². The molecule has 1 atom stereocenters. The minimum Gasteiger partial charge on any atom is -0.479 e. The predicted octanol–water partition coefficient (Wildman–Crippen LogP) is 4.28. The number of aliphatic hydroxyl groups excluding tert-OH is 2. The van der Waals surface area contributed by atoms with Crippen LogP contribution in [0, 0.1) is 0 Å². The Morgan fingerprint density at radius 3 is 1.25 bits per heavy atom. The van der Waals surface area contributed by atoms with Crippen LogP contribution in [0.15, 0.2) is 48.5 Å². The van der Waals surface area contributed by atoms with Gasteiger partial charge in [-0.15, -0.1) is 0 Å². The molecule has 2 aromatic rings. The van der Waals surface area contributed by atoms with E-state index in [1.165, 1.54) is 61.9 Å². The van der Waals surface area contributed by atoms with Gasteiger partial charge in [-0.25, -0.2) is 24.0 Å². The second-order valence-electron chi connectivity index (χ2n) is 12.0. The van der Waals surface area contributed by atoms with Gasteiger partial charge in [0.25, 0.3) is 0 Å². The SMILES string of the molecule is CC(O)C(=O)O.CCCCCCCCOC(=O)c1ccc(C(=O)OC(=O)CCCCC(=O)OC(=O)c2ccc(C(=O)OC(=O)CCC(=O)OCCO)cc2)cc1. The monoisotopic (exact) mass is 788 g/mol. The highest BCUT2D eigenvalue weighted by Gasteiger charge is 2.19. The Labute approximate surface area is 323 Å². The van der Waals surface area contributed by atoms with Gasteiger partial charge >= 0.3 is 53.7 Å². The van der Waals surface area contributed by atoms with Gasteiger partial charge in [0.1, 0.15) is 12.7 Å². The van der Waals surface area contributed by atoms with Crippen LogP contribution >= 0.6 is 0 Å². The van der Waals surface area contributed by atoms with Gasteiger partial charge in [-0.05, 0) is 74.7 Å². The first-order chi connectivity index (χ1) is 26.7. The number of unbranched alkanes of at least 4 members (excludes halogenated alkanes) is 6. The second kappa shape index (κ2) is 27.7. The molecule has 0 aliphatic rings. The molecule has 0 bridgehead atoms. The summed E-state index contributed by atoms with van der Waals surface area (Å²) in [5.74, 6) is -8.00. The van der Waals surface area contributed by atoms with Crippen molar-refractivity contribution in [3.63, 3.8) is 0 Å². The summed E-state index contributed by atoms with van der Waals surface area (Å²) < 4.78 is 24.1. The molecule has 0 aliphatic heterocycles. The zero-order valence-corrected chi connectivity index (χ0v) is 31.4. The third kappa shape index (κ3) is 21.2. The molecule has 3 N–H and O–H groups in total. The largest absolute Gasteiger partial charge is 0.479 e. The molecule has 56 heavy (non-hydrogen) atoms. The van der Waals surface area contributed by atoms with Crippen LogP contribution in [0.25, 0.3) is 0 Å². The van der Waals surface area contributed by atoms with Gasteiger partial charge in [0.15, 0.2) is 0 Å². The van der Waals surface area contributed by atoms with Crippen molar-refractivity contribution in [3.05, 3.63) is 70.8 Å². The van der Waals surface area contributed by atoms with E-state index in [1.54, 1.807) is 0 Å². The van der Waals surface area contributed by atoms with Crippen molar-refractivity contribution < 1.29 is 82.2 Å². The Bertz CT molecular complexity index is 1610. The van der Waals surface area contributed by atoms with Crippen LogP contribution in [0.4, 0.5) is 0 Å². The zero-order valence-electron chi connectivity index (χ0n) is 31.4. The fraction of sp³-hybridized carbons (Fsp3) is 0.462. The lowest BCUT2D eigenvalue weighted by molar-refractivity contribution is -0.148. The number of hydrogen-bond acceptors (Lipinski definition) is 16. The maximum absolute atomic E-state index is 12.3. The molecule has 17 nitrogen and oxygen atoms in total. The smallest absolute Gasteiger partial charge is 0.345 e. The number of carboxylic acid groups (broad SMARTS) is 1. The topological polar surface area (TPSA) is 260 Å². The van der Waals surface area contributed by atoms with E-state index in [-0.39, 0.29) is 67.6 Å². The number of carbonyl (C=O) groups is 9. The first-order valence-corrected chi connectivity index (χ1v) is 18.0. The van der Waals surface area contributed by atoms with Crippen molar-refractivity contribution in [3.8, 4) is 0 Å². The highest BCUT2D eigenvalue weighted by atomic mass is 16.6. The van der Waals surface area contributed by atoms with Crippen molar-refractivity contribution in [1.82, 2.24) is 0 Å². The van der Waals surface area contributed by atoms with E-state index in [4.69, 9.17) is 29.5 Å². The molecular weight excluding hydrogens is 740 g/mol. The normalized spacial score (nSPS) is 10.8. The number of carbonyl (C=O) groups excluding carboxylic acids is 8. The summed E-state index contributed by atoms with van der Waals surface area (Å²) in [6.07, 6.45) is 4.32. The van der Waals surface area contributed by atoms with E-state index in [1.807, 2.05) is 0 Å². The van der Waals surface area contributed by atoms with Gasteiger partial charge in [0, 0.05) is 12.8 Å². The van der Waals surface area contributed by atoms with Crippen LogP contribution < -0.4 is 0 Å². The number of aliphatic hydroxyl groups is 2. The lowest BCUT2D eigenvalue weighted by Gasteiger charge is -2.07. The van der Waals surface area contributed by atoms with Gasteiger partial charge in [0.05, 0.1) is 48.3 Å². The van der Waals surface area contributed by atoms with E-state index >= 15 is 0 Å². The fourth-order valence-electron chi connectivity index (χ4n) is 4.23. The number of benzene rings is 2. The molecule has 0 amide bonds. The van der Waals surface area contributed by atoms with E-state index in [0.29, 0.717) is 6.61 Å². The summed E-state index contributed by atoms with van der Waals surface area (Å²) >= 11 is 0. The van der Waals surface area contributed by atoms with Crippen molar-refractivity contribution in [2.45, 2.75) is 97.0 Å². The maximum Gasteiger partial charge on any atom is 0.345 e. The number of carboxylic acids is 1. The molecule has 2 aromatic carbocycles. The summed E-state index contributed by atoms with van der Waals surface area (Å²) in [6.45, 7) is 3.07. The Hall–Kier alpha value is -5.81. The van der Waals surface area contributed by atoms with Crippen LogP contribution in [0.5, 0.6) is 0 Å². The summed E-state index contributed by atoms with van der Waals surface area (Å²) in [4.78, 5) is 106. The molecule has 0 spiro atoms. The van der Waals surface area contributed by atoms with Crippen LogP contribution in [-0.4, -0.2) is 95.0 Å². The third-order valence-electron chi connectivity index (χ3n) is 7.32. The highest BCUT2D eigenvalue weighted by molar-refractivity contribution is 6.00. The number of rotatable bonds is 22. The van der Waals surface area contributed by atoms with Crippen LogP contribution in [0.2, 0.25) is 0 Å². The molecule has 0 aliphatic carbocycles. The van der Waals surface area contributed by atoms with E-state index in [9.17, 15) is 43.2 Å². The summed E-state index contributed by atoms with van der Waals surface area (Å²) in [5, 5.41) is 24.4. The number of ether oxygens (including phenoxy) is 5. The minimum absolute atomic E-state index is 0.0620. The molecule has 0 fully saturated rings. The van der Waals surface area contributed by atoms with Crippen molar-refractivity contribution in [2.24, 2.45) is 0 Å². The molecule has 0 aromatic heterocycles. The lowest BCUT2D eigenvalue weighted by Crippen LogP contribution is -2.16. The molecule has 0 saturated heterocycles. The average Bonchev–Trinajstić information content (AvgIpc) is 3.17. The van der Waals surface area contributed by atoms with Crippen LogP contribution in [0.3, 0.4) is 0 Å². The second-order valence-corrected chi connectivity index (χ2v) is 12.0. The Kier molecular flexibility index (Phi) is 23.9. The molecule has 1 unspecified atom stereocenters. The molecule has 17 heteroatoms. The molecular formula is C39H48O17. The molecule has 0 saturated carbocycles. The van der Waals surface area contributed by atoms with Gasteiger partial charge in [-0.1, -0.05) is 39.0 Å². The minimum atomic E-state index is -1.23. The average molecular weight is 789 g/mol. The van der Waals surface area contributed by atoms with E-state index in [2.05, 4.69) is 16.4 Å². The van der Waals surface area contributed by atoms with Crippen molar-refractivity contribution >= 4 is 53.7 Å². The zero-order chi connectivity index (χ0) is 41.9. The summed E-state index contributed by atoms with van der Waals surface area (Å²) in [7, 11) is 0. The van der Waals surface area contributed by atoms with Gasteiger partial charge < -0.3 is 39.0 Å². The van der Waals surface area contributed by atoms with Crippen molar-refractivity contribution in [2.75, 3.05) is 19.8 Å². The molecule has 306 valence electrons. The number of aliphatic carboxylic acids is 1. The standard InChI is InChI=1S/C36H42O14.C3H6O3/c1-2-3-4-5-6-9-23-47-33(42)25-12-14-26(15-13-25)34(43)48-30(39)10-7-8-11-31(40)49-35(44)27-16-18-28(19-17-27)36(45)50-32(41)21-20-29(38)46-24-22-37;1-2(4)3(5)6/h12-19,37H,2-11,20-24H2,1H3;2,4H,1H3,(H,5,6). The predicted molar refractivity (Wildman–Crippen MR) is 193 cm³/mol. The third-order valence-corrected chi connectivity index (χ3v) is 7.32. The van der Waals surface area contributed by atoms with Gasteiger partial charge in [0.2, 0.25) is 0 Å². The van der Waals surface area contributed by atoms with E-state index in [0.717, 1.165) is 32.1 Å². The highest BCUT2D eigenvalue weighted by Crippen LogP contribution is 2.13. The lowest BCUT2D eigenvalue weighted by atomic mass is 10.1. The summed E-state index contributed by atoms with van der Waals surface area (Å²) in [5.41, 5.74) is 0.198.